The minimum Gasteiger partial charge on any atom is -0.482 e. The number of carbonyl (C=O) groups excluding carboxylic acids is 1. The molecular formula is C18H16ClN3O3S. The van der Waals surface area contributed by atoms with Crippen LogP contribution in [0.5, 0.6) is 11.6 Å². The zero-order chi connectivity index (χ0) is 18.2. The van der Waals surface area contributed by atoms with Crippen LogP contribution in [-0.4, -0.2) is 35.9 Å². The van der Waals surface area contributed by atoms with Crippen LogP contribution in [0, 0.1) is 0 Å². The Bertz CT molecular complexity index is 841. The van der Waals surface area contributed by atoms with Gasteiger partial charge in [-0.1, -0.05) is 29.8 Å². The lowest BCUT2D eigenvalue weighted by molar-refractivity contribution is -0.123. The second kappa shape index (κ2) is 9.17. The fourth-order valence-corrected chi connectivity index (χ4v) is 2.94. The van der Waals surface area contributed by atoms with Crippen LogP contribution >= 0.6 is 22.9 Å². The van der Waals surface area contributed by atoms with E-state index in [1.807, 2.05) is 23.6 Å². The second-order valence-corrected chi connectivity index (χ2v) is 6.51. The number of nitrogens with one attached hydrogen (secondary N) is 1. The summed E-state index contributed by atoms with van der Waals surface area (Å²) < 4.78 is 10.8. The molecule has 0 radical (unpaired) electrons. The Kier molecular flexibility index (Phi) is 6.40. The van der Waals surface area contributed by atoms with Gasteiger partial charge in [0.05, 0.1) is 16.4 Å². The molecule has 2 aromatic heterocycles. The highest BCUT2D eigenvalue weighted by atomic mass is 35.5. The lowest BCUT2D eigenvalue weighted by atomic mass is 10.3. The van der Waals surface area contributed by atoms with Crippen LogP contribution in [0.3, 0.4) is 0 Å². The summed E-state index contributed by atoms with van der Waals surface area (Å²) in [5.74, 6) is 0.626. The van der Waals surface area contributed by atoms with E-state index >= 15 is 0 Å². The fourth-order valence-electron chi connectivity index (χ4n) is 2.05. The maximum absolute atomic E-state index is 11.8. The summed E-state index contributed by atoms with van der Waals surface area (Å²) in [6, 6.07) is 14.5. The van der Waals surface area contributed by atoms with Crippen LogP contribution in [0.25, 0.3) is 10.6 Å². The summed E-state index contributed by atoms with van der Waals surface area (Å²) >= 11 is 7.56. The summed E-state index contributed by atoms with van der Waals surface area (Å²) in [6.45, 7) is 0.503. The van der Waals surface area contributed by atoms with Gasteiger partial charge >= 0.3 is 0 Å². The van der Waals surface area contributed by atoms with E-state index in [9.17, 15) is 4.79 Å². The molecule has 2 heterocycles. The Balaban J connectivity index is 1.36. The summed E-state index contributed by atoms with van der Waals surface area (Å²) in [7, 11) is 0. The number of hydrogen-bond donors (Lipinski definition) is 1. The molecule has 8 heteroatoms. The van der Waals surface area contributed by atoms with Crippen molar-refractivity contribution in [2.45, 2.75) is 0 Å². The fraction of sp³-hybridized carbons (Fsp3) is 0.167. The Hall–Kier alpha value is -2.64. The molecule has 134 valence electrons. The maximum atomic E-state index is 11.8. The van der Waals surface area contributed by atoms with E-state index in [4.69, 9.17) is 21.1 Å². The number of para-hydroxylation sites is 1. The summed E-state index contributed by atoms with van der Waals surface area (Å²) in [5.41, 5.74) is 0.803. The third-order valence-corrected chi connectivity index (χ3v) is 4.49. The standard InChI is InChI=1S/C18H16ClN3O3S/c19-13-4-1-2-5-15(13)25-12-17(23)20-9-10-24-18-8-7-14(21-22-18)16-6-3-11-26-16/h1-8,11H,9-10,12H2,(H,20,23). The second-order valence-electron chi connectivity index (χ2n) is 5.15. The average Bonchev–Trinajstić information content (AvgIpc) is 3.20. The molecule has 0 saturated carbocycles. The number of amides is 1. The number of carbonyl (C=O) groups is 1. The minimum atomic E-state index is -0.257. The number of halogens is 1. The highest BCUT2D eigenvalue weighted by Crippen LogP contribution is 2.23. The quantitative estimate of drug-likeness (QED) is 0.597. The number of thiophene rings is 1. The van der Waals surface area contributed by atoms with Gasteiger partial charge in [-0.05, 0) is 29.6 Å². The molecule has 0 aliphatic heterocycles. The predicted molar refractivity (Wildman–Crippen MR) is 101 cm³/mol. The molecule has 0 atom stereocenters. The topological polar surface area (TPSA) is 73.3 Å². The van der Waals surface area contributed by atoms with Crippen molar-refractivity contribution in [1.29, 1.82) is 0 Å². The van der Waals surface area contributed by atoms with Crippen molar-refractivity contribution in [1.82, 2.24) is 15.5 Å². The van der Waals surface area contributed by atoms with Gasteiger partial charge in [0, 0.05) is 6.07 Å². The molecule has 0 fully saturated rings. The van der Waals surface area contributed by atoms with Crippen LogP contribution in [-0.2, 0) is 4.79 Å². The van der Waals surface area contributed by atoms with E-state index in [2.05, 4.69) is 15.5 Å². The van der Waals surface area contributed by atoms with Crippen LogP contribution in [0.1, 0.15) is 0 Å². The molecule has 1 amide bonds. The van der Waals surface area contributed by atoms with Gasteiger partial charge in [0.25, 0.3) is 5.91 Å². The van der Waals surface area contributed by atoms with Crippen LogP contribution in [0.2, 0.25) is 5.02 Å². The largest absolute Gasteiger partial charge is 0.482 e. The Morgan fingerprint density at radius 2 is 1.96 bits per heavy atom. The smallest absolute Gasteiger partial charge is 0.258 e. The van der Waals surface area contributed by atoms with Crippen molar-refractivity contribution >= 4 is 28.8 Å². The molecule has 0 aliphatic carbocycles. The molecule has 0 saturated heterocycles. The number of ether oxygens (including phenoxy) is 2. The first-order valence-corrected chi connectivity index (χ1v) is 9.12. The van der Waals surface area contributed by atoms with Crippen LogP contribution in [0.15, 0.2) is 53.9 Å². The first kappa shape index (κ1) is 18.2. The van der Waals surface area contributed by atoms with Gasteiger partial charge in [-0.2, -0.15) is 0 Å². The highest BCUT2D eigenvalue weighted by molar-refractivity contribution is 7.13. The molecular weight excluding hydrogens is 374 g/mol. The number of rotatable bonds is 8. The van der Waals surface area contributed by atoms with E-state index < -0.39 is 0 Å². The van der Waals surface area contributed by atoms with Crippen molar-refractivity contribution < 1.29 is 14.3 Å². The Morgan fingerprint density at radius 3 is 2.69 bits per heavy atom. The van der Waals surface area contributed by atoms with E-state index in [0.717, 1.165) is 10.6 Å². The van der Waals surface area contributed by atoms with Crippen molar-refractivity contribution in [3.8, 4) is 22.2 Å². The van der Waals surface area contributed by atoms with Gasteiger partial charge in [0.15, 0.2) is 6.61 Å². The van der Waals surface area contributed by atoms with Gasteiger partial charge in [-0.3, -0.25) is 4.79 Å². The molecule has 26 heavy (non-hydrogen) atoms. The van der Waals surface area contributed by atoms with Gasteiger partial charge < -0.3 is 14.8 Å². The van der Waals surface area contributed by atoms with Gasteiger partial charge in [0.1, 0.15) is 18.1 Å². The Labute approximate surface area is 159 Å². The lowest BCUT2D eigenvalue weighted by Gasteiger charge is -2.09. The third-order valence-electron chi connectivity index (χ3n) is 3.28. The molecule has 3 aromatic rings. The molecule has 0 spiro atoms. The summed E-state index contributed by atoms with van der Waals surface area (Å²) in [6.07, 6.45) is 0. The lowest BCUT2D eigenvalue weighted by Crippen LogP contribution is -2.32. The van der Waals surface area contributed by atoms with Crippen molar-refractivity contribution in [3.63, 3.8) is 0 Å². The maximum Gasteiger partial charge on any atom is 0.258 e. The predicted octanol–water partition coefficient (Wildman–Crippen LogP) is 3.43. The first-order valence-electron chi connectivity index (χ1n) is 7.87. The van der Waals surface area contributed by atoms with E-state index in [-0.39, 0.29) is 19.1 Å². The van der Waals surface area contributed by atoms with Gasteiger partial charge in [0.2, 0.25) is 5.88 Å². The van der Waals surface area contributed by atoms with E-state index in [1.54, 1.807) is 41.7 Å². The van der Waals surface area contributed by atoms with Crippen LogP contribution < -0.4 is 14.8 Å². The van der Waals surface area contributed by atoms with E-state index in [1.165, 1.54) is 0 Å². The number of benzene rings is 1. The molecule has 0 aliphatic rings. The molecule has 3 rings (SSSR count). The minimum absolute atomic E-state index is 0.112. The number of aromatic nitrogens is 2. The SMILES string of the molecule is O=C(COc1ccccc1Cl)NCCOc1ccc(-c2cccs2)nn1. The number of hydrogen-bond acceptors (Lipinski definition) is 6. The molecule has 6 nitrogen and oxygen atoms in total. The van der Waals surface area contributed by atoms with Crippen LogP contribution in [0.4, 0.5) is 0 Å². The molecule has 1 aromatic carbocycles. The van der Waals surface area contributed by atoms with Crippen molar-refractivity contribution in [3.05, 3.63) is 58.9 Å². The third kappa shape index (κ3) is 5.18. The van der Waals surface area contributed by atoms with Crippen molar-refractivity contribution in [2.75, 3.05) is 19.8 Å². The highest BCUT2D eigenvalue weighted by Gasteiger charge is 2.06. The normalized spacial score (nSPS) is 10.3. The zero-order valence-electron chi connectivity index (χ0n) is 13.7. The van der Waals surface area contributed by atoms with Crippen molar-refractivity contribution in [2.24, 2.45) is 0 Å². The monoisotopic (exact) mass is 389 g/mol. The van der Waals surface area contributed by atoms with E-state index in [0.29, 0.717) is 23.2 Å². The average molecular weight is 390 g/mol. The first-order chi connectivity index (χ1) is 12.7. The Morgan fingerprint density at radius 1 is 1.08 bits per heavy atom. The molecule has 1 N–H and O–H groups in total. The van der Waals surface area contributed by atoms with Gasteiger partial charge in [-0.25, -0.2) is 0 Å². The zero-order valence-corrected chi connectivity index (χ0v) is 15.3. The summed E-state index contributed by atoms with van der Waals surface area (Å²) in [4.78, 5) is 12.8. The summed E-state index contributed by atoms with van der Waals surface area (Å²) in [5, 5.41) is 13.3. The molecule has 0 bridgehead atoms. The van der Waals surface area contributed by atoms with Gasteiger partial charge in [-0.15, -0.1) is 21.5 Å². The number of nitrogens with zero attached hydrogens (tertiary/aromatic N) is 2. The molecule has 0 unspecified atom stereocenters.